The number of hydrogen-bond donors (Lipinski definition) is 1. The van der Waals surface area contributed by atoms with Crippen LogP contribution in [0.4, 0.5) is 10.5 Å². The molecule has 0 radical (unpaired) electrons. The minimum absolute atomic E-state index is 0.482. The largest absolute Gasteiger partial charge is 0.412 e. The Kier molecular flexibility index (Phi) is 5.99. The van der Waals surface area contributed by atoms with Gasteiger partial charge in [0, 0.05) is 24.4 Å². The number of anilines is 1. The van der Waals surface area contributed by atoms with Crippen LogP contribution in [0.3, 0.4) is 0 Å². The minimum Gasteiger partial charge on any atom is -0.410 e. The minimum atomic E-state index is -0.501. The lowest BCUT2D eigenvalue weighted by Crippen LogP contribution is -2.22. The maximum Gasteiger partial charge on any atom is 0.412 e. The number of rotatable bonds is 4. The van der Waals surface area contributed by atoms with E-state index < -0.39 is 6.09 Å². The molecule has 0 aliphatic heterocycles. The van der Waals surface area contributed by atoms with Gasteiger partial charge >= 0.3 is 6.09 Å². The highest BCUT2D eigenvalue weighted by Gasteiger charge is 2.12. The lowest BCUT2D eigenvalue weighted by molar-refractivity contribution is 0.203. The molecule has 0 saturated heterocycles. The second-order valence-corrected chi connectivity index (χ2v) is 4.61. The fourth-order valence-corrected chi connectivity index (χ4v) is 2.17. The molecule has 1 N–H and O–H groups in total. The van der Waals surface area contributed by atoms with Crippen molar-refractivity contribution < 1.29 is 9.53 Å². The van der Waals surface area contributed by atoms with Gasteiger partial charge in [-0.25, -0.2) is 4.79 Å². The predicted molar refractivity (Wildman–Crippen MR) is 79.2 cm³/mol. The van der Waals surface area contributed by atoms with Crippen LogP contribution in [0.25, 0.3) is 0 Å². The van der Waals surface area contributed by atoms with Gasteiger partial charge < -0.3 is 10.1 Å². The molecule has 0 unspecified atom stereocenters. The zero-order valence-corrected chi connectivity index (χ0v) is 12.5. The van der Waals surface area contributed by atoms with E-state index in [4.69, 9.17) is 28.1 Å². The monoisotopic (exact) mass is 302 g/mol. The Labute approximate surface area is 123 Å². The van der Waals surface area contributed by atoms with Gasteiger partial charge in [-0.15, -0.1) is 0 Å². The van der Waals surface area contributed by atoms with Crippen LogP contribution in [0.1, 0.15) is 11.1 Å². The van der Waals surface area contributed by atoms with Crippen molar-refractivity contribution >= 4 is 35.2 Å². The summed E-state index contributed by atoms with van der Waals surface area (Å²) in [7, 11) is 1.51. The lowest BCUT2D eigenvalue weighted by Gasteiger charge is -2.20. The molecule has 19 heavy (non-hydrogen) atoms. The summed E-state index contributed by atoms with van der Waals surface area (Å²) >= 11 is 11.7. The average molecular weight is 303 g/mol. The summed E-state index contributed by atoms with van der Waals surface area (Å²) < 4.78 is 6.66. The van der Waals surface area contributed by atoms with Gasteiger partial charge in [0.2, 0.25) is 0 Å². The van der Waals surface area contributed by atoms with Crippen LogP contribution in [-0.2, 0) is 0 Å². The van der Waals surface area contributed by atoms with Crippen LogP contribution in [0.2, 0.25) is 0 Å². The second-order valence-electron chi connectivity index (χ2n) is 3.95. The van der Waals surface area contributed by atoms with Gasteiger partial charge in [-0.1, -0.05) is 17.7 Å². The standard InChI is InChI=1S/C13H16Cl2N2O2/c1-9-7-11(19-13(18)16-3)8-10(2)12(9)17(15)6-4-5-14/h4-5,7-8H,6H2,1-3H3,(H,16,18). The number of carbonyl (C=O) groups is 1. The van der Waals surface area contributed by atoms with Crippen LogP contribution in [0.5, 0.6) is 5.75 Å². The van der Waals surface area contributed by atoms with Gasteiger partial charge in [0.25, 0.3) is 0 Å². The summed E-state index contributed by atoms with van der Waals surface area (Å²) in [4.78, 5) is 11.2. The fraction of sp³-hybridized carbons (Fsp3) is 0.308. The molecule has 0 bridgehead atoms. The molecular formula is C13H16Cl2N2O2. The van der Waals surface area contributed by atoms with E-state index >= 15 is 0 Å². The number of halogens is 2. The quantitative estimate of drug-likeness (QED) is 0.862. The predicted octanol–water partition coefficient (Wildman–Crippen LogP) is 3.73. The van der Waals surface area contributed by atoms with Gasteiger partial charge in [-0.2, -0.15) is 0 Å². The van der Waals surface area contributed by atoms with Crippen molar-refractivity contribution in [3.63, 3.8) is 0 Å². The molecule has 0 saturated carbocycles. The maximum absolute atomic E-state index is 11.2. The van der Waals surface area contributed by atoms with Crippen LogP contribution >= 0.6 is 23.4 Å². The van der Waals surface area contributed by atoms with Crippen LogP contribution in [0.15, 0.2) is 23.7 Å². The number of aryl methyl sites for hydroxylation is 2. The Morgan fingerprint density at radius 2 is 2.00 bits per heavy atom. The molecule has 0 aliphatic carbocycles. The first kappa shape index (κ1) is 15.7. The molecule has 0 heterocycles. The van der Waals surface area contributed by atoms with E-state index in [1.807, 2.05) is 13.8 Å². The summed E-state index contributed by atoms with van der Waals surface area (Å²) in [5, 5.41) is 2.40. The van der Waals surface area contributed by atoms with Gasteiger partial charge in [0.05, 0.1) is 12.2 Å². The normalized spacial score (nSPS) is 10.6. The number of carbonyl (C=O) groups excluding carboxylic acids is 1. The molecule has 0 aliphatic rings. The number of hydrogen-bond acceptors (Lipinski definition) is 3. The lowest BCUT2D eigenvalue weighted by atomic mass is 10.1. The van der Waals surface area contributed by atoms with Crippen LogP contribution in [0, 0.1) is 13.8 Å². The highest BCUT2D eigenvalue weighted by Crippen LogP contribution is 2.30. The summed E-state index contributed by atoms with van der Waals surface area (Å²) in [5.74, 6) is 0.482. The third-order valence-corrected chi connectivity index (χ3v) is 2.96. The zero-order chi connectivity index (χ0) is 14.4. The van der Waals surface area contributed by atoms with E-state index in [2.05, 4.69) is 5.32 Å². The van der Waals surface area contributed by atoms with E-state index in [0.717, 1.165) is 16.8 Å². The van der Waals surface area contributed by atoms with Crippen LogP contribution in [-0.4, -0.2) is 19.7 Å². The topological polar surface area (TPSA) is 41.6 Å². The number of nitrogens with one attached hydrogen (secondary N) is 1. The smallest absolute Gasteiger partial charge is 0.410 e. The van der Waals surface area contributed by atoms with Gasteiger partial charge in [0.1, 0.15) is 5.75 Å². The van der Waals surface area contributed by atoms with Crippen molar-refractivity contribution in [2.24, 2.45) is 0 Å². The first-order valence-corrected chi connectivity index (χ1v) is 6.46. The first-order valence-electron chi connectivity index (χ1n) is 5.69. The molecule has 0 spiro atoms. The second kappa shape index (κ2) is 7.26. The Morgan fingerprint density at radius 1 is 1.42 bits per heavy atom. The summed E-state index contributed by atoms with van der Waals surface area (Å²) in [6.07, 6.45) is 1.24. The van der Waals surface area contributed by atoms with Crippen molar-refractivity contribution in [2.45, 2.75) is 13.8 Å². The summed E-state index contributed by atoms with van der Waals surface area (Å²) in [6.45, 7) is 4.29. The molecule has 0 aromatic heterocycles. The first-order chi connectivity index (χ1) is 8.99. The number of benzene rings is 1. The molecule has 104 valence electrons. The number of ether oxygens (including phenoxy) is 1. The summed E-state index contributed by atoms with van der Waals surface area (Å²) in [6, 6.07) is 3.52. The Morgan fingerprint density at radius 3 is 2.47 bits per heavy atom. The van der Waals surface area contributed by atoms with Gasteiger partial charge in [-0.3, -0.25) is 4.42 Å². The van der Waals surface area contributed by atoms with E-state index in [9.17, 15) is 4.79 Å². The van der Waals surface area contributed by atoms with Crippen molar-refractivity contribution in [1.82, 2.24) is 5.32 Å². The molecule has 1 rings (SSSR count). The fourth-order valence-electron chi connectivity index (χ4n) is 1.74. The Bertz CT molecular complexity index is 467. The molecule has 0 fully saturated rings. The highest BCUT2D eigenvalue weighted by atomic mass is 35.5. The number of amides is 1. The molecule has 1 aromatic carbocycles. The van der Waals surface area contributed by atoms with Crippen molar-refractivity contribution in [2.75, 3.05) is 18.0 Å². The van der Waals surface area contributed by atoms with Gasteiger partial charge in [0.15, 0.2) is 0 Å². The maximum atomic E-state index is 11.2. The highest BCUT2D eigenvalue weighted by molar-refractivity contribution is 6.27. The van der Waals surface area contributed by atoms with Crippen LogP contribution < -0.4 is 14.5 Å². The third-order valence-electron chi connectivity index (χ3n) is 2.48. The van der Waals surface area contributed by atoms with E-state index in [1.54, 1.807) is 22.6 Å². The molecule has 6 heteroatoms. The summed E-state index contributed by atoms with van der Waals surface area (Å²) in [5.41, 5.74) is 4.12. The Hall–Kier alpha value is -1.39. The molecular weight excluding hydrogens is 287 g/mol. The third kappa shape index (κ3) is 4.33. The average Bonchev–Trinajstić information content (AvgIpc) is 2.35. The van der Waals surface area contributed by atoms with E-state index in [-0.39, 0.29) is 0 Å². The van der Waals surface area contributed by atoms with Crippen molar-refractivity contribution in [3.8, 4) is 5.75 Å². The molecule has 0 atom stereocenters. The van der Waals surface area contributed by atoms with E-state index in [0.29, 0.717) is 12.3 Å². The molecule has 1 aromatic rings. The number of nitrogens with zero attached hydrogens (tertiary/aromatic N) is 1. The molecule has 4 nitrogen and oxygen atoms in total. The zero-order valence-electron chi connectivity index (χ0n) is 11.0. The van der Waals surface area contributed by atoms with E-state index in [1.165, 1.54) is 12.6 Å². The van der Waals surface area contributed by atoms with Crippen molar-refractivity contribution in [1.29, 1.82) is 0 Å². The SMILES string of the molecule is CNC(=O)Oc1cc(C)c(N(Cl)CC=CCl)c(C)c1. The van der Waals surface area contributed by atoms with Crippen molar-refractivity contribution in [3.05, 3.63) is 34.9 Å². The van der Waals surface area contributed by atoms with Gasteiger partial charge in [-0.05, 0) is 37.1 Å². The Balaban J connectivity index is 3.00. The molecule has 1 amide bonds.